The van der Waals surface area contributed by atoms with Gasteiger partial charge in [0.1, 0.15) is 0 Å². The monoisotopic (exact) mass is 276 g/mol. The lowest BCUT2D eigenvalue weighted by Gasteiger charge is -2.15. The first kappa shape index (κ1) is 12.5. The normalized spacial score (nSPS) is 18.9. The molecule has 0 heterocycles. The lowest BCUT2D eigenvalue weighted by Crippen LogP contribution is -1.99. The van der Waals surface area contributed by atoms with E-state index in [1.807, 2.05) is 18.2 Å². The highest BCUT2D eigenvalue weighted by Crippen LogP contribution is 2.37. The molecule has 1 unspecified atom stereocenters. The number of hydrogen-bond donors (Lipinski definition) is 0. The van der Waals surface area contributed by atoms with Crippen molar-refractivity contribution in [3.8, 4) is 0 Å². The SMILES string of the molecule is Clc1ccc(C(Cl)CC2CCCC2)cc1Cl. The van der Waals surface area contributed by atoms with E-state index in [4.69, 9.17) is 34.8 Å². The molecule has 16 heavy (non-hydrogen) atoms. The molecule has 88 valence electrons. The summed E-state index contributed by atoms with van der Waals surface area (Å²) < 4.78 is 0. The second-order valence-corrected chi connectivity index (χ2v) is 5.87. The highest BCUT2D eigenvalue weighted by Gasteiger charge is 2.20. The Kier molecular flexibility index (Phi) is 4.41. The van der Waals surface area contributed by atoms with Gasteiger partial charge < -0.3 is 0 Å². The van der Waals surface area contributed by atoms with E-state index in [1.54, 1.807) is 0 Å². The molecule has 1 aliphatic rings. The maximum absolute atomic E-state index is 6.41. The van der Waals surface area contributed by atoms with Crippen molar-refractivity contribution < 1.29 is 0 Å². The maximum atomic E-state index is 6.41. The molecule has 0 aromatic heterocycles. The molecule has 1 aromatic rings. The summed E-state index contributed by atoms with van der Waals surface area (Å²) in [6, 6.07) is 5.68. The second-order valence-electron chi connectivity index (χ2n) is 4.53. The molecule has 1 fully saturated rings. The molecule has 0 spiro atoms. The van der Waals surface area contributed by atoms with Crippen LogP contribution in [-0.2, 0) is 0 Å². The van der Waals surface area contributed by atoms with Gasteiger partial charge >= 0.3 is 0 Å². The quantitative estimate of drug-likeness (QED) is 0.608. The zero-order valence-corrected chi connectivity index (χ0v) is 11.3. The Balaban J connectivity index is 2.02. The number of hydrogen-bond acceptors (Lipinski definition) is 0. The molecule has 0 amide bonds. The van der Waals surface area contributed by atoms with E-state index in [0.29, 0.717) is 10.0 Å². The highest BCUT2D eigenvalue weighted by molar-refractivity contribution is 6.42. The summed E-state index contributed by atoms with van der Waals surface area (Å²) in [4.78, 5) is 0. The molecule has 1 aromatic carbocycles. The third-order valence-electron chi connectivity index (χ3n) is 3.32. The van der Waals surface area contributed by atoms with E-state index in [1.165, 1.54) is 25.7 Å². The number of halogens is 3. The second kappa shape index (κ2) is 5.62. The van der Waals surface area contributed by atoms with Gasteiger partial charge in [0.25, 0.3) is 0 Å². The Morgan fingerprint density at radius 1 is 1.12 bits per heavy atom. The largest absolute Gasteiger partial charge is 0.118 e. The molecule has 1 saturated carbocycles. The van der Waals surface area contributed by atoms with E-state index in [2.05, 4.69) is 0 Å². The van der Waals surface area contributed by atoms with Crippen LogP contribution in [0.5, 0.6) is 0 Å². The Morgan fingerprint density at radius 2 is 1.81 bits per heavy atom. The fourth-order valence-corrected chi connectivity index (χ4v) is 3.08. The Hall–Kier alpha value is 0.0900. The standard InChI is InChI=1S/C13H15Cl3/c14-11-6-5-10(8-13(11)16)12(15)7-9-3-1-2-4-9/h5-6,8-9,12H,1-4,7H2. The first-order valence-corrected chi connectivity index (χ1v) is 6.95. The number of alkyl halides is 1. The van der Waals surface area contributed by atoms with Crippen LogP contribution in [-0.4, -0.2) is 0 Å². The van der Waals surface area contributed by atoms with Crippen molar-refractivity contribution >= 4 is 34.8 Å². The van der Waals surface area contributed by atoms with Gasteiger partial charge in [0.05, 0.1) is 15.4 Å². The molecule has 1 atom stereocenters. The van der Waals surface area contributed by atoms with Crippen molar-refractivity contribution in [3.63, 3.8) is 0 Å². The summed E-state index contributed by atoms with van der Waals surface area (Å²) in [5, 5.41) is 1.25. The molecule has 2 rings (SSSR count). The summed E-state index contributed by atoms with van der Waals surface area (Å²) in [6.07, 6.45) is 6.42. The van der Waals surface area contributed by atoms with Crippen molar-refractivity contribution in [2.24, 2.45) is 5.92 Å². The van der Waals surface area contributed by atoms with Gasteiger partial charge in [-0.3, -0.25) is 0 Å². The zero-order chi connectivity index (χ0) is 11.5. The molecule has 1 aliphatic carbocycles. The van der Waals surface area contributed by atoms with Crippen LogP contribution in [0.25, 0.3) is 0 Å². The van der Waals surface area contributed by atoms with Crippen molar-refractivity contribution in [3.05, 3.63) is 33.8 Å². The first-order chi connectivity index (χ1) is 7.66. The van der Waals surface area contributed by atoms with Crippen LogP contribution in [0, 0.1) is 5.92 Å². The van der Waals surface area contributed by atoms with Crippen LogP contribution in [0.3, 0.4) is 0 Å². The molecule has 0 nitrogen and oxygen atoms in total. The predicted molar refractivity (Wildman–Crippen MR) is 71.6 cm³/mol. The fraction of sp³-hybridized carbons (Fsp3) is 0.538. The van der Waals surface area contributed by atoms with Gasteiger partial charge in [0.2, 0.25) is 0 Å². The molecule has 0 N–H and O–H groups in total. The van der Waals surface area contributed by atoms with Crippen LogP contribution in [0.15, 0.2) is 18.2 Å². The summed E-state index contributed by atoms with van der Waals surface area (Å²) in [6.45, 7) is 0. The molecule has 0 bridgehead atoms. The van der Waals surface area contributed by atoms with Crippen LogP contribution in [0.1, 0.15) is 43.0 Å². The molecular weight excluding hydrogens is 263 g/mol. The third-order valence-corrected chi connectivity index (χ3v) is 4.49. The lowest BCUT2D eigenvalue weighted by atomic mass is 9.98. The van der Waals surface area contributed by atoms with Crippen LogP contribution < -0.4 is 0 Å². The Bertz CT molecular complexity index is 356. The van der Waals surface area contributed by atoms with E-state index in [9.17, 15) is 0 Å². The Labute approximate surface area is 112 Å². The van der Waals surface area contributed by atoms with E-state index >= 15 is 0 Å². The molecule has 0 aliphatic heterocycles. The van der Waals surface area contributed by atoms with Gasteiger partial charge in [-0.05, 0) is 30.0 Å². The number of benzene rings is 1. The smallest absolute Gasteiger partial charge is 0.0595 e. The molecule has 0 radical (unpaired) electrons. The van der Waals surface area contributed by atoms with Crippen LogP contribution >= 0.6 is 34.8 Å². The van der Waals surface area contributed by atoms with Gasteiger partial charge in [0.15, 0.2) is 0 Å². The van der Waals surface area contributed by atoms with E-state index < -0.39 is 0 Å². The molecule has 3 heteroatoms. The van der Waals surface area contributed by atoms with E-state index in [0.717, 1.165) is 17.9 Å². The summed E-state index contributed by atoms with van der Waals surface area (Å²) in [5.41, 5.74) is 1.09. The lowest BCUT2D eigenvalue weighted by molar-refractivity contribution is 0.496. The summed E-state index contributed by atoms with van der Waals surface area (Å²) in [5.74, 6) is 0.789. The minimum absolute atomic E-state index is 0.0675. The van der Waals surface area contributed by atoms with Crippen molar-refractivity contribution in [1.82, 2.24) is 0 Å². The molecule has 0 saturated heterocycles. The van der Waals surface area contributed by atoms with Gasteiger partial charge in [-0.25, -0.2) is 0 Å². The van der Waals surface area contributed by atoms with Gasteiger partial charge in [-0.2, -0.15) is 0 Å². The topological polar surface area (TPSA) is 0 Å². The average Bonchev–Trinajstić information content (AvgIpc) is 2.74. The van der Waals surface area contributed by atoms with Crippen molar-refractivity contribution in [1.29, 1.82) is 0 Å². The van der Waals surface area contributed by atoms with Gasteiger partial charge in [-0.15, -0.1) is 11.6 Å². The molecular formula is C13H15Cl3. The highest BCUT2D eigenvalue weighted by atomic mass is 35.5. The van der Waals surface area contributed by atoms with Crippen LogP contribution in [0.4, 0.5) is 0 Å². The first-order valence-electron chi connectivity index (χ1n) is 5.76. The Morgan fingerprint density at radius 3 is 2.44 bits per heavy atom. The maximum Gasteiger partial charge on any atom is 0.0595 e. The minimum atomic E-state index is 0.0675. The zero-order valence-electron chi connectivity index (χ0n) is 9.06. The van der Waals surface area contributed by atoms with Crippen molar-refractivity contribution in [2.75, 3.05) is 0 Å². The predicted octanol–water partition coefficient (Wildman–Crippen LogP) is 5.85. The fourth-order valence-electron chi connectivity index (χ4n) is 2.38. The summed E-state index contributed by atoms with van der Waals surface area (Å²) >= 11 is 18.3. The van der Waals surface area contributed by atoms with Gasteiger partial charge in [0, 0.05) is 0 Å². The average molecular weight is 278 g/mol. The van der Waals surface area contributed by atoms with Gasteiger partial charge in [-0.1, -0.05) is 55.0 Å². The number of rotatable bonds is 3. The van der Waals surface area contributed by atoms with Crippen LogP contribution in [0.2, 0.25) is 10.0 Å². The van der Waals surface area contributed by atoms with Crippen molar-refractivity contribution in [2.45, 2.75) is 37.5 Å². The summed E-state index contributed by atoms with van der Waals surface area (Å²) in [7, 11) is 0. The van der Waals surface area contributed by atoms with E-state index in [-0.39, 0.29) is 5.38 Å². The minimum Gasteiger partial charge on any atom is -0.118 e. The third kappa shape index (κ3) is 3.06.